The summed E-state index contributed by atoms with van der Waals surface area (Å²) in [5, 5.41) is 4.54. The smallest absolute Gasteiger partial charge is 0.0887 e. The zero-order valence-electron chi connectivity index (χ0n) is 11.6. The van der Waals surface area contributed by atoms with Crippen molar-refractivity contribution in [3.05, 3.63) is 19.8 Å². The fourth-order valence-electron chi connectivity index (χ4n) is 3.06. The summed E-state index contributed by atoms with van der Waals surface area (Å²) in [6.45, 7) is 3.22. The number of rotatable bonds is 4. The molecule has 1 heterocycles. The standard InChI is InChI=1S/C15H23BrClNS/c1-2-18-14(13-10-12(17)15(16)19-13)11-8-6-4-3-5-7-9-11/h10-11,14,18H,2-9H2,1H3. The van der Waals surface area contributed by atoms with Crippen molar-refractivity contribution in [2.45, 2.75) is 57.9 Å². The van der Waals surface area contributed by atoms with Gasteiger partial charge in [0, 0.05) is 10.9 Å². The van der Waals surface area contributed by atoms with E-state index >= 15 is 0 Å². The first kappa shape index (κ1) is 15.8. The highest BCUT2D eigenvalue weighted by Crippen LogP contribution is 2.40. The van der Waals surface area contributed by atoms with Crippen LogP contribution >= 0.6 is 38.9 Å². The molecule has 0 aromatic carbocycles. The van der Waals surface area contributed by atoms with E-state index in [1.165, 1.54) is 49.8 Å². The first-order valence-corrected chi connectivity index (χ1v) is 9.39. The second-order valence-corrected chi connectivity index (χ2v) is 8.22. The van der Waals surface area contributed by atoms with E-state index in [4.69, 9.17) is 11.6 Å². The maximum atomic E-state index is 6.21. The van der Waals surface area contributed by atoms with Crippen molar-refractivity contribution >= 4 is 38.9 Å². The molecule has 0 saturated heterocycles. The van der Waals surface area contributed by atoms with Crippen LogP contribution in [-0.2, 0) is 0 Å². The summed E-state index contributed by atoms with van der Waals surface area (Å²) in [5.41, 5.74) is 0. The number of nitrogens with one attached hydrogen (secondary N) is 1. The molecule has 108 valence electrons. The number of hydrogen-bond donors (Lipinski definition) is 1. The maximum Gasteiger partial charge on any atom is 0.0887 e. The topological polar surface area (TPSA) is 12.0 Å². The van der Waals surface area contributed by atoms with Crippen molar-refractivity contribution in [1.29, 1.82) is 0 Å². The summed E-state index contributed by atoms with van der Waals surface area (Å²) in [6.07, 6.45) is 9.71. The highest BCUT2D eigenvalue weighted by atomic mass is 79.9. The molecule has 1 unspecified atom stereocenters. The van der Waals surface area contributed by atoms with E-state index in [0.717, 1.165) is 21.3 Å². The highest BCUT2D eigenvalue weighted by Gasteiger charge is 2.25. The summed E-state index contributed by atoms with van der Waals surface area (Å²) in [6, 6.07) is 2.62. The Morgan fingerprint density at radius 1 is 1.32 bits per heavy atom. The highest BCUT2D eigenvalue weighted by molar-refractivity contribution is 9.11. The summed E-state index contributed by atoms with van der Waals surface area (Å²) in [4.78, 5) is 1.39. The normalized spacial score (nSPS) is 19.9. The fraction of sp³-hybridized carbons (Fsp3) is 0.733. The van der Waals surface area contributed by atoms with Gasteiger partial charge < -0.3 is 5.32 Å². The molecule has 0 aliphatic heterocycles. The van der Waals surface area contributed by atoms with E-state index in [-0.39, 0.29) is 0 Å². The quantitative estimate of drug-likeness (QED) is 0.673. The molecule has 1 aliphatic carbocycles. The average molecular weight is 365 g/mol. The Balaban J connectivity index is 2.12. The van der Waals surface area contributed by atoms with E-state index in [2.05, 4.69) is 34.2 Å². The molecule has 0 bridgehead atoms. The summed E-state index contributed by atoms with van der Waals surface area (Å²) >= 11 is 11.5. The Labute approximate surface area is 134 Å². The van der Waals surface area contributed by atoms with Crippen LogP contribution in [0.25, 0.3) is 0 Å². The van der Waals surface area contributed by atoms with Crippen molar-refractivity contribution in [3.63, 3.8) is 0 Å². The van der Waals surface area contributed by atoms with Crippen molar-refractivity contribution in [2.75, 3.05) is 6.54 Å². The largest absolute Gasteiger partial charge is 0.309 e. The Kier molecular flexibility index (Phi) is 6.67. The van der Waals surface area contributed by atoms with Crippen molar-refractivity contribution in [3.8, 4) is 0 Å². The molecule has 1 aliphatic rings. The van der Waals surface area contributed by atoms with Crippen LogP contribution in [0.2, 0.25) is 5.02 Å². The maximum absolute atomic E-state index is 6.21. The van der Waals surface area contributed by atoms with Crippen LogP contribution < -0.4 is 5.32 Å². The summed E-state index contributed by atoms with van der Waals surface area (Å²) in [5.74, 6) is 0.766. The minimum atomic E-state index is 0.483. The lowest BCUT2D eigenvalue weighted by atomic mass is 9.85. The van der Waals surface area contributed by atoms with Gasteiger partial charge in [-0.1, -0.05) is 50.6 Å². The van der Waals surface area contributed by atoms with E-state index in [0.29, 0.717) is 6.04 Å². The minimum Gasteiger partial charge on any atom is -0.309 e. The number of hydrogen-bond acceptors (Lipinski definition) is 2. The predicted octanol–water partition coefficient (Wildman–Crippen LogP) is 6.18. The van der Waals surface area contributed by atoms with E-state index in [1.54, 1.807) is 11.3 Å². The minimum absolute atomic E-state index is 0.483. The molecule has 4 heteroatoms. The van der Waals surface area contributed by atoms with Gasteiger partial charge in [-0.25, -0.2) is 0 Å². The zero-order chi connectivity index (χ0) is 13.7. The molecule has 2 rings (SSSR count). The second-order valence-electron chi connectivity index (χ2n) is 5.41. The molecule has 1 nitrogen and oxygen atoms in total. The molecular weight excluding hydrogens is 342 g/mol. The molecule has 0 amide bonds. The first-order chi connectivity index (χ1) is 9.22. The molecule has 1 fully saturated rings. The van der Waals surface area contributed by atoms with Gasteiger partial charge in [-0.15, -0.1) is 11.3 Å². The second kappa shape index (κ2) is 8.02. The van der Waals surface area contributed by atoms with Crippen LogP contribution in [0.5, 0.6) is 0 Å². The molecule has 1 N–H and O–H groups in total. The van der Waals surface area contributed by atoms with Crippen LogP contribution in [-0.4, -0.2) is 6.54 Å². The molecule has 1 saturated carbocycles. The lowest BCUT2D eigenvalue weighted by Gasteiger charge is -2.28. The third kappa shape index (κ3) is 4.45. The van der Waals surface area contributed by atoms with Crippen LogP contribution in [0.4, 0.5) is 0 Å². The van der Waals surface area contributed by atoms with Gasteiger partial charge in [0.1, 0.15) is 0 Å². The fourth-order valence-corrected chi connectivity index (χ4v) is 4.97. The van der Waals surface area contributed by atoms with Gasteiger partial charge >= 0.3 is 0 Å². The molecule has 1 aromatic rings. The first-order valence-electron chi connectivity index (χ1n) is 7.40. The van der Waals surface area contributed by atoms with Gasteiger partial charge in [-0.2, -0.15) is 0 Å². The van der Waals surface area contributed by atoms with Gasteiger partial charge in [0.05, 0.1) is 8.81 Å². The number of thiophene rings is 1. The number of halogens is 2. The van der Waals surface area contributed by atoms with Gasteiger partial charge in [0.2, 0.25) is 0 Å². The average Bonchev–Trinajstić information content (AvgIpc) is 2.67. The molecule has 0 spiro atoms. The van der Waals surface area contributed by atoms with Crippen molar-refractivity contribution < 1.29 is 0 Å². The van der Waals surface area contributed by atoms with Gasteiger partial charge in [-0.05, 0) is 47.3 Å². The van der Waals surface area contributed by atoms with Gasteiger partial charge in [0.25, 0.3) is 0 Å². The molecule has 1 aromatic heterocycles. The van der Waals surface area contributed by atoms with E-state index in [9.17, 15) is 0 Å². The molecular formula is C15H23BrClNS. The van der Waals surface area contributed by atoms with Crippen LogP contribution in [0, 0.1) is 5.92 Å². The van der Waals surface area contributed by atoms with Crippen LogP contribution in [0.3, 0.4) is 0 Å². The van der Waals surface area contributed by atoms with Crippen LogP contribution in [0.15, 0.2) is 9.85 Å². The molecule has 1 atom stereocenters. The van der Waals surface area contributed by atoms with Crippen molar-refractivity contribution in [2.24, 2.45) is 5.92 Å². The Hall–Kier alpha value is 0.430. The Morgan fingerprint density at radius 3 is 2.47 bits per heavy atom. The third-order valence-corrected chi connectivity index (χ3v) is 6.57. The van der Waals surface area contributed by atoms with E-state index in [1.807, 2.05) is 0 Å². The van der Waals surface area contributed by atoms with Gasteiger partial charge in [0.15, 0.2) is 0 Å². The molecule has 0 radical (unpaired) electrons. The zero-order valence-corrected chi connectivity index (χ0v) is 14.7. The Bertz CT molecular complexity index is 366. The Morgan fingerprint density at radius 2 is 1.95 bits per heavy atom. The monoisotopic (exact) mass is 363 g/mol. The molecule has 19 heavy (non-hydrogen) atoms. The van der Waals surface area contributed by atoms with Crippen molar-refractivity contribution in [1.82, 2.24) is 5.32 Å². The predicted molar refractivity (Wildman–Crippen MR) is 89.3 cm³/mol. The third-order valence-electron chi connectivity index (χ3n) is 4.02. The lowest BCUT2D eigenvalue weighted by molar-refractivity contribution is 0.294. The van der Waals surface area contributed by atoms with Crippen LogP contribution in [0.1, 0.15) is 62.8 Å². The SMILES string of the molecule is CCNC(c1cc(Cl)c(Br)s1)C1CCCCCCC1. The van der Waals surface area contributed by atoms with E-state index < -0.39 is 0 Å². The van der Waals surface area contributed by atoms with Gasteiger partial charge in [-0.3, -0.25) is 0 Å². The summed E-state index contributed by atoms with van der Waals surface area (Å²) in [7, 11) is 0. The lowest BCUT2D eigenvalue weighted by Crippen LogP contribution is -2.28. The summed E-state index contributed by atoms with van der Waals surface area (Å²) < 4.78 is 1.07.